The maximum atomic E-state index is 5.27. The van der Waals surface area contributed by atoms with Crippen molar-refractivity contribution in [2.24, 2.45) is 0 Å². The summed E-state index contributed by atoms with van der Waals surface area (Å²) in [5, 5.41) is 4.84. The fraction of sp³-hybridized carbons (Fsp3) is 0.0185. The summed E-state index contributed by atoms with van der Waals surface area (Å²) >= 11 is 0. The fourth-order valence-corrected chi connectivity index (χ4v) is 7.87. The number of aryl methyl sites for hydroxylation is 1. The highest BCUT2D eigenvalue weighted by atomic mass is 14.9. The van der Waals surface area contributed by atoms with Gasteiger partial charge in [-0.1, -0.05) is 164 Å². The predicted molar refractivity (Wildman–Crippen MR) is 238 cm³/mol. The highest BCUT2D eigenvalue weighted by Gasteiger charge is 2.17. The second kappa shape index (κ2) is 14.6. The van der Waals surface area contributed by atoms with Crippen molar-refractivity contribution in [3.63, 3.8) is 0 Å². The van der Waals surface area contributed by atoms with Gasteiger partial charge in [-0.3, -0.25) is 4.98 Å². The minimum atomic E-state index is 0.683. The molecule has 0 N–H and O–H groups in total. The molecule has 0 aliphatic carbocycles. The first-order valence-corrected chi connectivity index (χ1v) is 19.3. The van der Waals surface area contributed by atoms with E-state index < -0.39 is 0 Å². The van der Waals surface area contributed by atoms with Gasteiger partial charge in [-0.2, -0.15) is 0 Å². The molecule has 3 heteroatoms. The third-order valence-corrected chi connectivity index (χ3v) is 10.7. The number of fused-ring (bicyclic) bond motifs is 2. The summed E-state index contributed by atoms with van der Waals surface area (Å²) in [6.45, 7) is 2.03. The van der Waals surface area contributed by atoms with Gasteiger partial charge in [0.25, 0.3) is 0 Å². The maximum Gasteiger partial charge on any atom is 0.160 e. The lowest BCUT2D eigenvalue weighted by Gasteiger charge is -2.16. The molecule has 0 fully saturated rings. The molecule has 0 aliphatic rings. The molecule has 0 unspecified atom stereocenters. The van der Waals surface area contributed by atoms with E-state index in [9.17, 15) is 0 Å². The average Bonchev–Trinajstić information content (AvgIpc) is 3.28. The SMILES string of the molecule is Cc1cccc(-c2ccc(-c3ccc(-c4cc(-c5nc(-c6ccccc6)cc(-c6ccccc6)n5)cc(-c5c6ccccc6cc6ccccc56)c4)cc3)cc2)n1. The topological polar surface area (TPSA) is 38.7 Å². The van der Waals surface area contributed by atoms with Crippen molar-refractivity contribution in [2.75, 3.05) is 0 Å². The molecule has 0 saturated heterocycles. The zero-order valence-electron chi connectivity index (χ0n) is 31.5. The Balaban J connectivity index is 1.14. The molecule has 10 aromatic rings. The largest absolute Gasteiger partial charge is 0.253 e. The van der Waals surface area contributed by atoms with Gasteiger partial charge < -0.3 is 0 Å². The molecule has 0 amide bonds. The summed E-state index contributed by atoms with van der Waals surface area (Å²) in [4.78, 5) is 15.2. The van der Waals surface area contributed by atoms with E-state index in [0.717, 1.165) is 72.8 Å². The third-order valence-electron chi connectivity index (χ3n) is 10.7. The van der Waals surface area contributed by atoms with Gasteiger partial charge in [-0.15, -0.1) is 0 Å². The molecular weight excluding hydrogens is 691 g/mol. The van der Waals surface area contributed by atoms with Crippen molar-refractivity contribution in [3.8, 4) is 78.5 Å². The molecule has 3 nitrogen and oxygen atoms in total. The van der Waals surface area contributed by atoms with E-state index in [1.165, 1.54) is 27.1 Å². The summed E-state index contributed by atoms with van der Waals surface area (Å²) in [6, 6.07) is 73.1. The van der Waals surface area contributed by atoms with E-state index in [4.69, 9.17) is 15.0 Å². The molecule has 0 radical (unpaired) electrons. The van der Waals surface area contributed by atoms with Gasteiger partial charge in [0.2, 0.25) is 0 Å². The minimum absolute atomic E-state index is 0.683. The number of pyridine rings is 1. The Bertz CT molecular complexity index is 2930. The van der Waals surface area contributed by atoms with Crippen molar-refractivity contribution < 1.29 is 0 Å². The van der Waals surface area contributed by atoms with Gasteiger partial charge >= 0.3 is 0 Å². The maximum absolute atomic E-state index is 5.27. The molecular formula is C54H37N3. The van der Waals surface area contributed by atoms with Crippen LogP contribution in [0.1, 0.15) is 5.69 Å². The fourth-order valence-electron chi connectivity index (χ4n) is 7.87. The average molecular weight is 728 g/mol. The molecule has 57 heavy (non-hydrogen) atoms. The Morgan fingerprint density at radius 2 is 0.737 bits per heavy atom. The van der Waals surface area contributed by atoms with E-state index in [1.807, 2.05) is 25.1 Å². The van der Waals surface area contributed by atoms with Crippen molar-refractivity contribution >= 4 is 21.5 Å². The van der Waals surface area contributed by atoms with Crippen LogP contribution < -0.4 is 0 Å². The lowest BCUT2D eigenvalue weighted by molar-refractivity contribution is 1.18. The van der Waals surface area contributed by atoms with Crippen molar-refractivity contribution in [1.82, 2.24) is 15.0 Å². The van der Waals surface area contributed by atoms with Crippen LogP contribution in [0.2, 0.25) is 0 Å². The van der Waals surface area contributed by atoms with Crippen molar-refractivity contribution in [3.05, 3.63) is 212 Å². The normalized spacial score (nSPS) is 11.2. The summed E-state index contributed by atoms with van der Waals surface area (Å²) in [7, 11) is 0. The molecule has 8 aromatic carbocycles. The molecule has 2 aromatic heterocycles. The van der Waals surface area contributed by atoms with Crippen molar-refractivity contribution in [1.29, 1.82) is 0 Å². The Kier molecular flexibility index (Phi) is 8.74. The summed E-state index contributed by atoms with van der Waals surface area (Å²) < 4.78 is 0. The number of aromatic nitrogens is 3. The number of benzene rings is 8. The van der Waals surface area contributed by atoms with Crippen LogP contribution in [0.5, 0.6) is 0 Å². The number of rotatable bonds is 7. The Morgan fingerprint density at radius 1 is 0.281 bits per heavy atom. The highest BCUT2D eigenvalue weighted by Crippen LogP contribution is 2.41. The van der Waals surface area contributed by atoms with Crippen LogP contribution in [0.15, 0.2) is 206 Å². The molecule has 10 rings (SSSR count). The van der Waals surface area contributed by atoms with E-state index in [2.05, 4.69) is 188 Å². The first kappa shape index (κ1) is 34.0. The van der Waals surface area contributed by atoms with Crippen LogP contribution in [-0.2, 0) is 0 Å². The van der Waals surface area contributed by atoms with Crippen LogP contribution >= 0.6 is 0 Å². The third kappa shape index (κ3) is 6.77. The zero-order chi connectivity index (χ0) is 38.1. The molecule has 0 bridgehead atoms. The molecule has 0 aliphatic heterocycles. The first-order valence-electron chi connectivity index (χ1n) is 19.3. The summed E-state index contributed by atoms with van der Waals surface area (Å²) in [5.74, 6) is 0.683. The number of hydrogen-bond acceptors (Lipinski definition) is 3. The minimum Gasteiger partial charge on any atom is -0.253 e. The van der Waals surface area contributed by atoms with E-state index in [-0.39, 0.29) is 0 Å². The predicted octanol–water partition coefficient (Wildman–Crippen LogP) is 14.2. The van der Waals surface area contributed by atoms with Crippen LogP contribution in [0.4, 0.5) is 0 Å². The Labute approximate surface area is 332 Å². The van der Waals surface area contributed by atoms with Gasteiger partial charge in [-0.05, 0) is 104 Å². The Morgan fingerprint density at radius 3 is 1.30 bits per heavy atom. The van der Waals surface area contributed by atoms with Crippen LogP contribution in [0.3, 0.4) is 0 Å². The van der Waals surface area contributed by atoms with Gasteiger partial charge in [0.15, 0.2) is 5.82 Å². The lowest BCUT2D eigenvalue weighted by atomic mass is 9.89. The van der Waals surface area contributed by atoms with Gasteiger partial charge in [0.1, 0.15) is 0 Å². The van der Waals surface area contributed by atoms with Gasteiger partial charge in [0.05, 0.1) is 17.1 Å². The lowest BCUT2D eigenvalue weighted by Crippen LogP contribution is -1.97. The monoisotopic (exact) mass is 727 g/mol. The van der Waals surface area contributed by atoms with E-state index in [1.54, 1.807) is 0 Å². The number of nitrogens with zero attached hydrogens (tertiary/aromatic N) is 3. The van der Waals surface area contributed by atoms with Gasteiger partial charge in [0, 0.05) is 27.9 Å². The number of hydrogen-bond donors (Lipinski definition) is 0. The Hall–Kier alpha value is -7.49. The second-order valence-electron chi connectivity index (χ2n) is 14.5. The standard InChI is InChI=1S/C54H37N3/c1-36-13-12-22-50(55-36)42-29-27-38(28-30-42)37-23-25-39(26-24-37)45-32-46(53-48-20-10-8-18-43(48)31-44-19-9-11-21-49(44)53)34-47(33-45)54-56-51(40-14-4-2-5-15-40)35-52(57-54)41-16-6-3-7-17-41/h2-35H,1H3. The highest BCUT2D eigenvalue weighted by molar-refractivity contribution is 6.13. The summed E-state index contributed by atoms with van der Waals surface area (Å²) in [6.07, 6.45) is 0. The zero-order valence-corrected chi connectivity index (χ0v) is 31.5. The van der Waals surface area contributed by atoms with E-state index >= 15 is 0 Å². The quantitative estimate of drug-likeness (QED) is 0.153. The van der Waals surface area contributed by atoms with Crippen molar-refractivity contribution in [2.45, 2.75) is 6.92 Å². The smallest absolute Gasteiger partial charge is 0.160 e. The molecule has 268 valence electrons. The second-order valence-corrected chi connectivity index (χ2v) is 14.5. The molecule has 0 spiro atoms. The van der Waals surface area contributed by atoms with E-state index in [0.29, 0.717) is 5.82 Å². The first-order chi connectivity index (χ1) is 28.1. The van der Waals surface area contributed by atoms with Crippen LogP contribution in [0, 0.1) is 6.92 Å². The molecule has 2 heterocycles. The van der Waals surface area contributed by atoms with Crippen LogP contribution in [0.25, 0.3) is 100 Å². The molecule has 0 saturated carbocycles. The van der Waals surface area contributed by atoms with Crippen LogP contribution in [-0.4, -0.2) is 15.0 Å². The summed E-state index contributed by atoms with van der Waals surface area (Å²) in [5.41, 5.74) is 14.8. The van der Waals surface area contributed by atoms with Gasteiger partial charge in [-0.25, -0.2) is 9.97 Å². The molecule has 0 atom stereocenters.